The summed E-state index contributed by atoms with van der Waals surface area (Å²) in [5.41, 5.74) is 1.96. The molecule has 0 radical (unpaired) electrons. The van der Waals surface area contributed by atoms with E-state index in [9.17, 15) is 0 Å². The summed E-state index contributed by atoms with van der Waals surface area (Å²) in [5, 5.41) is 12.8. The average molecular weight is 461 g/mol. The number of hydrogen-bond acceptors (Lipinski definition) is 10. The maximum absolute atomic E-state index is 4.30. The van der Waals surface area contributed by atoms with Crippen molar-refractivity contribution in [2.45, 2.75) is 16.2 Å². The molecule has 0 unspecified atom stereocenters. The lowest BCUT2D eigenvalue weighted by molar-refractivity contribution is 1.27. The average Bonchev–Trinajstić information content (AvgIpc) is 3.41. The van der Waals surface area contributed by atoms with Crippen LogP contribution in [0.3, 0.4) is 0 Å². The highest BCUT2D eigenvalue weighted by atomic mass is 32.2. The zero-order valence-corrected chi connectivity index (χ0v) is 18.3. The highest BCUT2D eigenvalue weighted by molar-refractivity contribution is 7.98. The van der Waals surface area contributed by atoms with E-state index in [0.29, 0.717) is 0 Å². The van der Waals surface area contributed by atoms with Gasteiger partial charge in [0.25, 0.3) is 0 Å². The maximum Gasteiger partial charge on any atom is 0.106 e. The minimum Gasteiger partial charge on any atom is -0.142 e. The summed E-state index contributed by atoms with van der Waals surface area (Å²) in [6.07, 6.45) is 0.937. The number of rotatable bonds is 2. The van der Waals surface area contributed by atoms with E-state index in [1.165, 1.54) is 62.9 Å². The zero-order valence-electron chi connectivity index (χ0n) is 13.4. The lowest BCUT2D eigenvalue weighted by Gasteiger charge is -1.95. The van der Waals surface area contributed by atoms with E-state index in [1.54, 1.807) is 22.7 Å². The van der Waals surface area contributed by atoms with Crippen molar-refractivity contribution >= 4 is 80.6 Å². The molecule has 10 heteroatoms. The molecule has 132 valence electrons. The molecule has 0 bridgehead atoms. The molecule has 6 rings (SSSR count). The molecule has 0 amide bonds. The fraction of sp³-hybridized carbons (Fsp3) is 0.0588. The Kier molecular flexibility index (Phi) is 4.09. The first-order chi connectivity index (χ1) is 13.3. The van der Waals surface area contributed by atoms with Gasteiger partial charge in [-0.15, -0.1) is 64.6 Å². The predicted octanol–water partition coefficient (Wildman–Crippen LogP) is 9.07. The second kappa shape index (κ2) is 6.64. The molecule has 0 saturated carbocycles. The van der Waals surface area contributed by atoms with Crippen LogP contribution in [0.15, 0.2) is 64.1 Å². The number of hydrogen-bond donors (Lipinski definition) is 0. The van der Waals surface area contributed by atoms with Crippen molar-refractivity contribution in [1.82, 2.24) is 0 Å². The van der Waals surface area contributed by atoms with Crippen molar-refractivity contribution in [1.29, 1.82) is 0 Å². The number of thiophene rings is 4. The summed E-state index contributed by atoms with van der Waals surface area (Å²) in [6, 6.07) is 8.62. The van der Waals surface area contributed by atoms with E-state index in [-0.39, 0.29) is 0 Å². The van der Waals surface area contributed by atoms with Crippen LogP contribution in [0, 0.1) is 0 Å². The van der Waals surface area contributed by atoms with Gasteiger partial charge >= 0.3 is 0 Å². The molecule has 0 fully saturated rings. The van der Waals surface area contributed by atoms with Crippen molar-refractivity contribution < 1.29 is 0 Å². The molecule has 0 N–H and O–H groups in total. The molecule has 0 atom stereocenters. The largest absolute Gasteiger partial charge is 0.142 e. The van der Waals surface area contributed by atoms with Gasteiger partial charge < -0.3 is 0 Å². The zero-order chi connectivity index (χ0) is 17.8. The molecular weight excluding hydrogens is 453 g/mol. The topological polar surface area (TPSA) is 49.4 Å². The smallest absolute Gasteiger partial charge is 0.106 e. The van der Waals surface area contributed by atoms with Crippen LogP contribution < -0.4 is 0 Å². The summed E-state index contributed by atoms with van der Waals surface area (Å²) in [4.78, 5) is 10.2. The van der Waals surface area contributed by atoms with E-state index in [1.807, 2.05) is 34.8 Å². The quantitative estimate of drug-likeness (QED) is 0.280. The second-order valence-corrected chi connectivity index (χ2v) is 11.5. The van der Waals surface area contributed by atoms with Crippen LogP contribution in [0.2, 0.25) is 0 Å². The van der Waals surface area contributed by atoms with E-state index in [2.05, 4.69) is 42.2 Å². The highest BCUT2D eigenvalue weighted by Gasteiger charge is 2.22. The Hall–Kier alpha value is -1.30. The first-order valence-corrected chi connectivity index (χ1v) is 12.9. The monoisotopic (exact) mass is 460 g/mol. The standard InChI is InChI=1S/C17H8N4S6/c1-3-22-14-10(1)18-20-26-12-6-8(24-16(12)14)5-9-7-13-17(25-9)15-11(2-4-23-15)19-21-27-13/h1-4,6-7H,5H2. The molecule has 0 aliphatic carbocycles. The van der Waals surface area contributed by atoms with Crippen LogP contribution in [-0.4, -0.2) is 0 Å². The van der Waals surface area contributed by atoms with Crippen molar-refractivity contribution in [3.05, 3.63) is 44.8 Å². The Morgan fingerprint density at radius 2 is 1.19 bits per heavy atom. The Labute approximate surface area is 179 Å². The molecule has 4 aromatic heterocycles. The minimum absolute atomic E-state index is 0.937. The normalized spacial score (nSPS) is 14.2. The molecule has 27 heavy (non-hydrogen) atoms. The summed E-state index contributed by atoms with van der Waals surface area (Å²) >= 11 is 10.1. The van der Waals surface area contributed by atoms with E-state index in [0.717, 1.165) is 17.8 Å². The number of fused-ring (bicyclic) bond motifs is 6. The molecule has 2 aliphatic heterocycles. The van der Waals surface area contributed by atoms with E-state index < -0.39 is 0 Å². The van der Waals surface area contributed by atoms with Crippen LogP contribution in [0.1, 0.15) is 9.75 Å². The molecule has 2 aliphatic rings. The van der Waals surface area contributed by atoms with E-state index >= 15 is 0 Å². The predicted molar refractivity (Wildman–Crippen MR) is 119 cm³/mol. The summed E-state index contributed by atoms with van der Waals surface area (Å²) < 4.78 is 8.52. The first kappa shape index (κ1) is 16.6. The molecule has 0 spiro atoms. The van der Waals surface area contributed by atoms with Crippen LogP contribution in [0.5, 0.6) is 0 Å². The van der Waals surface area contributed by atoms with Gasteiger partial charge in [-0.1, -0.05) is 0 Å². The Bertz CT molecular complexity index is 1130. The minimum atomic E-state index is 0.937. The van der Waals surface area contributed by atoms with Crippen molar-refractivity contribution in [2.24, 2.45) is 19.3 Å². The summed E-state index contributed by atoms with van der Waals surface area (Å²) in [7, 11) is 0. The van der Waals surface area contributed by atoms with Gasteiger partial charge in [0.1, 0.15) is 11.4 Å². The molecule has 0 aromatic carbocycles. The molecule has 4 nitrogen and oxygen atoms in total. The molecule has 6 heterocycles. The fourth-order valence-electron chi connectivity index (χ4n) is 2.96. The maximum atomic E-state index is 4.30. The van der Waals surface area contributed by atoms with Gasteiger partial charge in [0.2, 0.25) is 0 Å². The van der Waals surface area contributed by atoms with Crippen LogP contribution >= 0.6 is 69.2 Å². The van der Waals surface area contributed by atoms with Gasteiger partial charge in [-0.05, 0) is 35.0 Å². The first-order valence-electron chi connectivity index (χ1n) is 7.92. The molecule has 0 saturated heterocycles. The lowest BCUT2D eigenvalue weighted by Crippen LogP contribution is -1.77. The summed E-state index contributed by atoms with van der Waals surface area (Å²) in [5.74, 6) is 0. The lowest BCUT2D eigenvalue weighted by atomic mass is 10.2. The van der Waals surface area contributed by atoms with Crippen LogP contribution in [0.4, 0.5) is 11.4 Å². The van der Waals surface area contributed by atoms with Crippen LogP contribution in [-0.2, 0) is 6.42 Å². The van der Waals surface area contributed by atoms with Crippen molar-refractivity contribution in [3.63, 3.8) is 0 Å². The van der Waals surface area contributed by atoms with Gasteiger partial charge in [0.15, 0.2) is 0 Å². The van der Waals surface area contributed by atoms with Crippen molar-refractivity contribution in [3.8, 4) is 19.5 Å². The van der Waals surface area contributed by atoms with Gasteiger partial charge in [-0.25, -0.2) is 0 Å². The SMILES string of the molecule is c1cc2c(s1)-c1sc(Cc3cc4c(s3)-c3sccc3N=NS4)cc1SN=N2. The molecule has 4 aromatic rings. The Balaban J connectivity index is 1.37. The fourth-order valence-corrected chi connectivity index (χ4v) is 9.14. The third-order valence-electron chi connectivity index (χ3n) is 4.12. The number of nitrogens with zero attached hydrogens (tertiary/aromatic N) is 4. The summed E-state index contributed by atoms with van der Waals surface area (Å²) in [6.45, 7) is 0. The highest BCUT2D eigenvalue weighted by Crippen LogP contribution is 2.51. The van der Waals surface area contributed by atoms with Gasteiger partial charge in [0, 0.05) is 40.1 Å². The van der Waals surface area contributed by atoms with E-state index in [4.69, 9.17) is 0 Å². The van der Waals surface area contributed by atoms with Gasteiger partial charge in [-0.2, -0.15) is 0 Å². The van der Waals surface area contributed by atoms with Crippen LogP contribution in [0.25, 0.3) is 19.5 Å². The Morgan fingerprint density at radius 3 is 1.70 bits per heavy atom. The molecular formula is C17H8N4S6. The van der Waals surface area contributed by atoms with Gasteiger partial charge in [0.05, 0.1) is 29.3 Å². The third kappa shape index (κ3) is 2.86. The van der Waals surface area contributed by atoms with Crippen molar-refractivity contribution in [2.75, 3.05) is 0 Å². The third-order valence-corrected chi connectivity index (χ3v) is 10.2. The van der Waals surface area contributed by atoms with Gasteiger partial charge in [-0.3, -0.25) is 0 Å². The Morgan fingerprint density at radius 1 is 0.667 bits per heavy atom. The second-order valence-electron chi connectivity index (χ2n) is 5.80.